The van der Waals surface area contributed by atoms with Gasteiger partial charge in [-0.3, -0.25) is 4.79 Å². The maximum Gasteiger partial charge on any atom is 0.271 e. The molecule has 1 aliphatic carbocycles. The zero-order valence-electron chi connectivity index (χ0n) is 12.3. The summed E-state index contributed by atoms with van der Waals surface area (Å²) in [4.78, 5) is 11.6. The molecule has 0 bridgehead atoms. The largest absolute Gasteiger partial charge is 0.378 e. The number of hydrogen-bond acceptors (Lipinski definition) is 5. The van der Waals surface area contributed by atoms with Crippen LogP contribution in [0.2, 0.25) is 0 Å². The first-order chi connectivity index (χ1) is 10.3. The molecule has 1 saturated carbocycles. The molecule has 0 aromatic carbocycles. The van der Waals surface area contributed by atoms with E-state index in [0.29, 0.717) is 30.3 Å². The summed E-state index contributed by atoms with van der Waals surface area (Å²) >= 11 is 0. The zero-order chi connectivity index (χ0) is 14.7. The summed E-state index contributed by atoms with van der Waals surface area (Å²) in [6, 6.07) is 3.94. The second kappa shape index (κ2) is 6.39. The molecular formula is C15H22N4O2. The topological polar surface area (TPSA) is 76.1 Å². The van der Waals surface area contributed by atoms with Crippen LogP contribution in [0.1, 0.15) is 43.1 Å². The molecule has 0 radical (unpaired) electrons. The van der Waals surface area contributed by atoms with E-state index in [1.165, 1.54) is 12.8 Å². The first-order valence-electron chi connectivity index (χ1n) is 7.78. The number of aromatic nitrogens is 2. The number of hydrogen-bond donors (Lipinski definition) is 2. The lowest BCUT2D eigenvalue weighted by molar-refractivity contribution is 0.0619. The van der Waals surface area contributed by atoms with Gasteiger partial charge in [0.05, 0.1) is 6.10 Å². The predicted molar refractivity (Wildman–Crippen MR) is 79.1 cm³/mol. The van der Waals surface area contributed by atoms with Crippen LogP contribution in [0.5, 0.6) is 0 Å². The van der Waals surface area contributed by atoms with Crippen LogP contribution in [0.15, 0.2) is 12.1 Å². The van der Waals surface area contributed by atoms with Gasteiger partial charge in [-0.15, -0.1) is 10.2 Å². The monoisotopic (exact) mass is 290 g/mol. The van der Waals surface area contributed by atoms with E-state index in [4.69, 9.17) is 4.74 Å². The quantitative estimate of drug-likeness (QED) is 0.881. The molecule has 2 heterocycles. The SMILES string of the molecule is CCNC(=O)c1ccc(NC2CCCC3OCCC23)nn1. The normalized spacial score (nSPS) is 28.0. The Balaban J connectivity index is 1.63. The lowest BCUT2D eigenvalue weighted by Crippen LogP contribution is -2.38. The first-order valence-corrected chi connectivity index (χ1v) is 7.78. The number of carbonyl (C=O) groups is 1. The van der Waals surface area contributed by atoms with Gasteiger partial charge in [0.15, 0.2) is 5.69 Å². The molecule has 1 aromatic rings. The lowest BCUT2D eigenvalue weighted by Gasteiger charge is -2.33. The van der Waals surface area contributed by atoms with Gasteiger partial charge in [0.2, 0.25) is 0 Å². The van der Waals surface area contributed by atoms with E-state index in [1.807, 2.05) is 13.0 Å². The number of nitrogens with one attached hydrogen (secondary N) is 2. The van der Waals surface area contributed by atoms with Crippen molar-refractivity contribution < 1.29 is 9.53 Å². The molecule has 3 rings (SSSR count). The number of nitrogens with zero attached hydrogens (tertiary/aromatic N) is 2. The predicted octanol–water partition coefficient (Wildman–Crippen LogP) is 1.60. The Labute approximate surface area is 124 Å². The molecule has 21 heavy (non-hydrogen) atoms. The highest BCUT2D eigenvalue weighted by Gasteiger charge is 2.37. The first kappa shape index (κ1) is 14.3. The Morgan fingerprint density at radius 2 is 2.24 bits per heavy atom. The third kappa shape index (κ3) is 3.15. The van der Waals surface area contributed by atoms with Crippen molar-refractivity contribution in [1.82, 2.24) is 15.5 Å². The van der Waals surface area contributed by atoms with Gasteiger partial charge in [0, 0.05) is 25.1 Å². The summed E-state index contributed by atoms with van der Waals surface area (Å²) in [6.45, 7) is 3.34. The van der Waals surface area contributed by atoms with Crippen molar-refractivity contribution in [2.75, 3.05) is 18.5 Å². The van der Waals surface area contributed by atoms with E-state index in [0.717, 1.165) is 25.3 Å². The number of ether oxygens (including phenoxy) is 1. The molecule has 1 saturated heterocycles. The van der Waals surface area contributed by atoms with E-state index in [9.17, 15) is 4.79 Å². The number of fused-ring (bicyclic) bond motifs is 1. The van der Waals surface area contributed by atoms with Crippen LogP contribution in [0.25, 0.3) is 0 Å². The van der Waals surface area contributed by atoms with Gasteiger partial charge < -0.3 is 15.4 Å². The second-order valence-electron chi connectivity index (χ2n) is 5.71. The number of carbonyl (C=O) groups excluding carboxylic acids is 1. The molecule has 6 heteroatoms. The minimum absolute atomic E-state index is 0.182. The van der Waals surface area contributed by atoms with Crippen LogP contribution >= 0.6 is 0 Å². The molecule has 2 N–H and O–H groups in total. The van der Waals surface area contributed by atoms with E-state index in [2.05, 4.69) is 20.8 Å². The molecular weight excluding hydrogens is 268 g/mol. The fourth-order valence-electron chi connectivity index (χ4n) is 3.33. The van der Waals surface area contributed by atoms with Gasteiger partial charge in [-0.2, -0.15) is 0 Å². The Morgan fingerprint density at radius 1 is 1.33 bits per heavy atom. The number of anilines is 1. The summed E-state index contributed by atoms with van der Waals surface area (Å²) in [7, 11) is 0. The third-order valence-corrected chi connectivity index (χ3v) is 4.35. The van der Waals surface area contributed by atoms with Gasteiger partial charge in [0.25, 0.3) is 5.91 Å². The summed E-state index contributed by atoms with van der Waals surface area (Å²) in [6.07, 6.45) is 5.02. The van der Waals surface area contributed by atoms with Crippen LogP contribution in [0.3, 0.4) is 0 Å². The summed E-state index contributed by atoms with van der Waals surface area (Å²) < 4.78 is 5.77. The van der Waals surface area contributed by atoms with Crippen molar-refractivity contribution >= 4 is 11.7 Å². The van der Waals surface area contributed by atoms with Gasteiger partial charge in [-0.05, 0) is 44.7 Å². The highest BCUT2D eigenvalue weighted by Crippen LogP contribution is 2.35. The van der Waals surface area contributed by atoms with Crippen LogP contribution in [0, 0.1) is 5.92 Å². The van der Waals surface area contributed by atoms with Crippen molar-refractivity contribution in [2.24, 2.45) is 5.92 Å². The van der Waals surface area contributed by atoms with Crippen molar-refractivity contribution in [3.05, 3.63) is 17.8 Å². The summed E-state index contributed by atoms with van der Waals surface area (Å²) in [5, 5.41) is 14.3. The minimum atomic E-state index is -0.182. The molecule has 3 unspecified atom stereocenters. The smallest absolute Gasteiger partial charge is 0.271 e. The van der Waals surface area contributed by atoms with E-state index in [-0.39, 0.29) is 5.91 Å². The summed E-state index contributed by atoms with van der Waals surface area (Å²) in [5.74, 6) is 1.13. The molecule has 2 aliphatic rings. The Bertz CT molecular complexity index is 491. The molecule has 114 valence electrons. The van der Waals surface area contributed by atoms with Crippen molar-refractivity contribution in [3.8, 4) is 0 Å². The van der Waals surface area contributed by atoms with E-state index >= 15 is 0 Å². The van der Waals surface area contributed by atoms with Gasteiger partial charge >= 0.3 is 0 Å². The maximum atomic E-state index is 11.6. The molecule has 2 fully saturated rings. The zero-order valence-corrected chi connectivity index (χ0v) is 12.3. The lowest BCUT2D eigenvalue weighted by atomic mass is 9.82. The minimum Gasteiger partial charge on any atom is -0.378 e. The van der Waals surface area contributed by atoms with Gasteiger partial charge in [0.1, 0.15) is 5.82 Å². The molecule has 1 aromatic heterocycles. The highest BCUT2D eigenvalue weighted by molar-refractivity contribution is 5.92. The Kier molecular flexibility index (Phi) is 4.34. The van der Waals surface area contributed by atoms with Gasteiger partial charge in [-0.25, -0.2) is 0 Å². The standard InChI is InChI=1S/C15H22N4O2/c1-2-16-15(20)12-6-7-14(19-18-12)17-11-4-3-5-13-10(11)8-9-21-13/h6-7,10-11,13H,2-5,8-9H2,1H3,(H,16,20)(H,17,19). The second-order valence-corrected chi connectivity index (χ2v) is 5.71. The Hall–Kier alpha value is -1.69. The van der Waals surface area contributed by atoms with Crippen LogP contribution in [0.4, 0.5) is 5.82 Å². The van der Waals surface area contributed by atoms with E-state index in [1.54, 1.807) is 6.07 Å². The Morgan fingerprint density at radius 3 is 3.00 bits per heavy atom. The van der Waals surface area contributed by atoms with Crippen LogP contribution in [-0.4, -0.2) is 41.4 Å². The van der Waals surface area contributed by atoms with Gasteiger partial charge in [-0.1, -0.05) is 0 Å². The van der Waals surface area contributed by atoms with Crippen molar-refractivity contribution in [2.45, 2.75) is 44.8 Å². The van der Waals surface area contributed by atoms with E-state index < -0.39 is 0 Å². The summed E-state index contributed by atoms with van der Waals surface area (Å²) in [5.41, 5.74) is 0.355. The van der Waals surface area contributed by atoms with Crippen LogP contribution in [-0.2, 0) is 4.74 Å². The average Bonchev–Trinajstić information content (AvgIpc) is 2.98. The molecule has 1 aliphatic heterocycles. The molecule has 6 nitrogen and oxygen atoms in total. The highest BCUT2D eigenvalue weighted by atomic mass is 16.5. The molecule has 0 spiro atoms. The number of rotatable bonds is 4. The van der Waals surface area contributed by atoms with Crippen molar-refractivity contribution in [1.29, 1.82) is 0 Å². The third-order valence-electron chi connectivity index (χ3n) is 4.35. The molecule has 1 amide bonds. The fourth-order valence-corrected chi connectivity index (χ4v) is 3.33. The average molecular weight is 290 g/mol. The van der Waals surface area contributed by atoms with Crippen LogP contribution < -0.4 is 10.6 Å². The number of amides is 1. The van der Waals surface area contributed by atoms with Crippen molar-refractivity contribution in [3.63, 3.8) is 0 Å². The maximum absolute atomic E-state index is 11.6. The fraction of sp³-hybridized carbons (Fsp3) is 0.667. The molecule has 3 atom stereocenters.